The van der Waals surface area contributed by atoms with Crippen molar-refractivity contribution in [3.8, 4) is 56.0 Å². The minimum atomic E-state index is 0.895. The maximum atomic E-state index is 7.03. The summed E-state index contributed by atoms with van der Waals surface area (Å²) in [5.41, 5.74) is 12.8. The van der Waals surface area contributed by atoms with E-state index in [0.717, 1.165) is 90.8 Å². The molecule has 0 radical (unpaired) electrons. The molecular formula is C44H28O2. The number of benzene rings is 5. The Morgan fingerprint density at radius 2 is 1.33 bits per heavy atom. The Balaban J connectivity index is 1.26. The lowest BCUT2D eigenvalue weighted by molar-refractivity contribution is 0.594. The van der Waals surface area contributed by atoms with E-state index < -0.39 is 0 Å². The number of hydrogen-bond donors (Lipinski definition) is 0. The van der Waals surface area contributed by atoms with Gasteiger partial charge in [-0.2, -0.15) is 0 Å². The van der Waals surface area contributed by atoms with Gasteiger partial charge in [0.05, 0.1) is 0 Å². The van der Waals surface area contributed by atoms with Crippen molar-refractivity contribution in [2.24, 2.45) is 0 Å². The summed E-state index contributed by atoms with van der Waals surface area (Å²) >= 11 is 0. The van der Waals surface area contributed by atoms with Crippen molar-refractivity contribution >= 4 is 28.0 Å². The predicted molar refractivity (Wildman–Crippen MR) is 188 cm³/mol. The molecule has 46 heavy (non-hydrogen) atoms. The van der Waals surface area contributed by atoms with Crippen LogP contribution in [-0.2, 0) is 6.42 Å². The lowest BCUT2D eigenvalue weighted by Gasteiger charge is -2.13. The molecule has 8 aromatic rings. The van der Waals surface area contributed by atoms with Crippen LogP contribution in [0, 0.1) is 12.1 Å². The molecule has 6 aromatic carbocycles. The quantitative estimate of drug-likeness (QED) is 0.200. The first-order valence-electron chi connectivity index (χ1n) is 15.7. The van der Waals surface area contributed by atoms with Crippen LogP contribution in [0.2, 0.25) is 0 Å². The van der Waals surface area contributed by atoms with E-state index >= 15 is 0 Å². The molecule has 0 bridgehead atoms. The fourth-order valence-electron chi connectivity index (χ4n) is 6.92. The normalized spacial score (nSPS) is 12.3. The fourth-order valence-corrected chi connectivity index (χ4v) is 6.92. The maximum Gasteiger partial charge on any atom is 0.143 e. The van der Waals surface area contributed by atoms with E-state index in [1.807, 2.05) is 24.3 Å². The molecule has 1 aliphatic carbocycles. The van der Waals surface area contributed by atoms with E-state index in [0.29, 0.717) is 0 Å². The van der Waals surface area contributed by atoms with Gasteiger partial charge in [0.1, 0.15) is 22.7 Å². The van der Waals surface area contributed by atoms with Crippen LogP contribution in [0.5, 0.6) is 0 Å². The van der Waals surface area contributed by atoms with Crippen molar-refractivity contribution in [2.45, 2.75) is 12.8 Å². The van der Waals surface area contributed by atoms with E-state index in [1.165, 1.54) is 11.1 Å². The zero-order chi connectivity index (χ0) is 30.5. The lowest BCUT2D eigenvalue weighted by Crippen LogP contribution is -1.95. The zero-order valence-electron chi connectivity index (χ0n) is 25.1. The van der Waals surface area contributed by atoms with Crippen molar-refractivity contribution < 1.29 is 8.83 Å². The number of hydrogen-bond acceptors (Lipinski definition) is 2. The molecule has 0 atom stereocenters. The molecule has 216 valence electrons. The molecule has 0 fully saturated rings. The van der Waals surface area contributed by atoms with Crippen molar-refractivity contribution in [3.63, 3.8) is 0 Å². The maximum absolute atomic E-state index is 7.03. The summed E-state index contributed by atoms with van der Waals surface area (Å²) in [6, 6.07) is 52.9. The number of fused-ring (bicyclic) bond motifs is 4. The SMILES string of the molecule is c1cccc(-c2cc(-c3cccc4c3oc3ccccc34)ccc2-c2oc(-c3ccccc3-c3ccccc3)c3c2CCC=C3)c#1. The van der Waals surface area contributed by atoms with E-state index in [2.05, 4.69) is 133 Å². The van der Waals surface area contributed by atoms with Crippen LogP contribution < -0.4 is 0 Å². The molecule has 0 saturated carbocycles. The van der Waals surface area contributed by atoms with Crippen LogP contribution in [0.3, 0.4) is 0 Å². The molecular weight excluding hydrogens is 560 g/mol. The van der Waals surface area contributed by atoms with E-state index in [-0.39, 0.29) is 0 Å². The van der Waals surface area contributed by atoms with Crippen molar-refractivity contribution in [1.82, 2.24) is 0 Å². The van der Waals surface area contributed by atoms with Gasteiger partial charge in [0.15, 0.2) is 0 Å². The zero-order valence-corrected chi connectivity index (χ0v) is 25.1. The molecule has 1 aliphatic rings. The Morgan fingerprint density at radius 3 is 2.22 bits per heavy atom. The minimum absolute atomic E-state index is 0.895. The van der Waals surface area contributed by atoms with E-state index in [9.17, 15) is 0 Å². The molecule has 0 amide bonds. The van der Waals surface area contributed by atoms with Gasteiger partial charge in [-0.1, -0.05) is 127 Å². The summed E-state index contributed by atoms with van der Waals surface area (Å²) < 4.78 is 13.5. The standard InChI is InChI=1S/C44H28O2/c1-3-14-29(15-4-1)32-18-7-8-20-35(32)43-37-21-9-10-22-38(37)44(46-43)39-27-26-31(28-40(39)30-16-5-2-6-17-30)33-23-13-24-36-34-19-11-12-25-41(34)45-42(33)36/h1-5,7-9,11-16,18-21,23-28H,10,22H2. The van der Waals surface area contributed by atoms with Crippen molar-refractivity contribution in [2.75, 3.05) is 0 Å². The first-order chi connectivity index (χ1) is 22.8. The third-order valence-corrected chi connectivity index (χ3v) is 9.07. The number of para-hydroxylation sites is 2. The summed E-state index contributed by atoms with van der Waals surface area (Å²) in [6.45, 7) is 0. The van der Waals surface area contributed by atoms with Crippen LogP contribution in [0.25, 0.3) is 84.0 Å². The van der Waals surface area contributed by atoms with Crippen LogP contribution >= 0.6 is 0 Å². The molecule has 2 heteroatoms. The number of furan rings is 2. The van der Waals surface area contributed by atoms with Gasteiger partial charge in [-0.05, 0) is 59.9 Å². The Bertz CT molecular complexity index is 2400. The summed E-state index contributed by atoms with van der Waals surface area (Å²) in [5, 5.41) is 2.24. The highest BCUT2D eigenvalue weighted by Crippen LogP contribution is 2.47. The molecule has 0 aliphatic heterocycles. The highest BCUT2D eigenvalue weighted by atomic mass is 16.3. The Kier molecular flexibility index (Phi) is 6.21. The summed E-state index contributed by atoms with van der Waals surface area (Å²) in [4.78, 5) is 0. The summed E-state index contributed by atoms with van der Waals surface area (Å²) in [7, 11) is 0. The highest BCUT2D eigenvalue weighted by Gasteiger charge is 2.26. The highest BCUT2D eigenvalue weighted by molar-refractivity contribution is 6.09. The first kappa shape index (κ1) is 26.4. The topological polar surface area (TPSA) is 26.3 Å². The van der Waals surface area contributed by atoms with Gasteiger partial charge in [0.25, 0.3) is 0 Å². The summed E-state index contributed by atoms with van der Waals surface area (Å²) in [5.74, 6) is 1.82. The van der Waals surface area contributed by atoms with Crippen LogP contribution in [0.4, 0.5) is 0 Å². The Morgan fingerprint density at radius 1 is 0.543 bits per heavy atom. The second kappa shape index (κ2) is 10.8. The van der Waals surface area contributed by atoms with Crippen molar-refractivity contribution in [3.05, 3.63) is 163 Å². The average Bonchev–Trinajstić information content (AvgIpc) is 3.71. The molecule has 2 aromatic heterocycles. The second-order valence-corrected chi connectivity index (χ2v) is 11.8. The van der Waals surface area contributed by atoms with Crippen LogP contribution in [0.1, 0.15) is 17.5 Å². The number of rotatable bonds is 5. The molecule has 0 N–H and O–H groups in total. The van der Waals surface area contributed by atoms with Gasteiger partial charge >= 0.3 is 0 Å². The molecule has 0 saturated heterocycles. The Labute approximate surface area is 267 Å². The third-order valence-electron chi connectivity index (χ3n) is 9.07. The molecule has 2 heterocycles. The Hall–Kier alpha value is -6.04. The number of allylic oxidation sites excluding steroid dienone is 1. The minimum Gasteiger partial charge on any atom is -0.455 e. The van der Waals surface area contributed by atoms with Gasteiger partial charge in [-0.3, -0.25) is 0 Å². The summed E-state index contributed by atoms with van der Waals surface area (Å²) in [6.07, 6.45) is 6.39. The lowest BCUT2D eigenvalue weighted by atomic mass is 9.89. The average molecular weight is 589 g/mol. The molecule has 9 rings (SSSR count). The molecule has 0 unspecified atom stereocenters. The fraction of sp³-hybridized carbons (Fsp3) is 0.0455. The predicted octanol–water partition coefficient (Wildman–Crippen LogP) is 12.1. The van der Waals surface area contributed by atoms with Gasteiger partial charge in [-0.25, -0.2) is 0 Å². The first-order valence-corrected chi connectivity index (χ1v) is 15.7. The van der Waals surface area contributed by atoms with Gasteiger partial charge < -0.3 is 8.83 Å². The third kappa shape index (κ3) is 4.29. The second-order valence-electron chi connectivity index (χ2n) is 11.8. The molecule has 0 spiro atoms. The molecule has 2 nitrogen and oxygen atoms in total. The van der Waals surface area contributed by atoms with Gasteiger partial charge in [0, 0.05) is 49.7 Å². The smallest absolute Gasteiger partial charge is 0.143 e. The van der Waals surface area contributed by atoms with E-state index in [1.54, 1.807) is 0 Å². The van der Waals surface area contributed by atoms with Gasteiger partial charge in [-0.15, -0.1) is 0 Å². The monoisotopic (exact) mass is 588 g/mol. The van der Waals surface area contributed by atoms with E-state index in [4.69, 9.17) is 8.83 Å². The van der Waals surface area contributed by atoms with Gasteiger partial charge in [0.2, 0.25) is 0 Å². The largest absolute Gasteiger partial charge is 0.455 e. The van der Waals surface area contributed by atoms with Crippen LogP contribution in [0.15, 0.2) is 148 Å². The van der Waals surface area contributed by atoms with Crippen LogP contribution in [-0.4, -0.2) is 0 Å². The van der Waals surface area contributed by atoms with Crippen molar-refractivity contribution in [1.29, 1.82) is 0 Å².